The Balaban J connectivity index is 1.82. The monoisotopic (exact) mass is 579 g/mol. The molecule has 0 saturated carbocycles. The van der Waals surface area contributed by atoms with Crippen LogP contribution in [0.3, 0.4) is 0 Å². The van der Waals surface area contributed by atoms with Gasteiger partial charge in [0, 0.05) is 31.6 Å². The maximum atomic E-state index is 13.7. The van der Waals surface area contributed by atoms with Crippen molar-refractivity contribution in [1.82, 2.24) is 15.5 Å². The van der Waals surface area contributed by atoms with Gasteiger partial charge in [0.1, 0.15) is 31.6 Å². The van der Waals surface area contributed by atoms with Gasteiger partial charge in [-0.3, -0.25) is 15.3 Å². The summed E-state index contributed by atoms with van der Waals surface area (Å²) in [4.78, 5) is 37.2. The van der Waals surface area contributed by atoms with Gasteiger partial charge in [-0.1, -0.05) is 86.5 Å². The van der Waals surface area contributed by atoms with E-state index in [4.69, 9.17) is 15.3 Å². The number of rotatable bonds is 18. The molecule has 0 heterocycles. The number of amides is 3. The molecule has 0 radical (unpaired) electrons. The molecule has 0 aromatic heterocycles. The Hall–Kier alpha value is -3.96. The summed E-state index contributed by atoms with van der Waals surface area (Å²) in [6.07, 6.45) is 3.07. The average molecular weight is 580 g/mol. The maximum Gasteiger partial charge on any atom is 0.318 e. The van der Waals surface area contributed by atoms with E-state index in [1.165, 1.54) is 0 Å². The van der Waals surface area contributed by atoms with Gasteiger partial charge >= 0.3 is 6.03 Å². The second-order valence-corrected chi connectivity index (χ2v) is 9.93. The van der Waals surface area contributed by atoms with Crippen LogP contribution in [0.2, 0.25) is 0 Å². The predicted octanol–water partition coefficient (Wildman–Crippen LogP) is 5.17. The number of carbonyl (C=O) groups excluding carboxylic acids is 2. The van der Waals surface area contributed by atoms with Crippen molar-refractivity contribution in [2.75, 3.05) is 19.8 Å². The quantitative estimate of drug-likeness (QED) is 0.0929. The highest BCUT2D eigenvalue weighted by Gasteiger charge is 2.25. The fraction of sp³-hybridized carbons (Fsp3) is 0.375. The van der Waals surface area contributed by atoms with Crippen LogP contribution in [0, 0.1) is 0 Å². The van der Waals surface area contributed by atoms with Crippen LogP contribution in [-0.2, 0) is 40.7 Å². The number of hydrogen-bond acceptors (Lipinski definition) is 7. The Morgan fingerprint density at radius 2 is 1.50 bits per heavy atom. The number of nitrogens with one attached hydrogen (secondary N) is 2. The number of unbranched alkanes of at least 4 members (excludes halogenated alkanes) is 2. The fourth-order valence-electron chi connectivity index (χ4n) is 4.47. The second kappa shape index (κ2) is 18.5. The average Bonchev–Trinajstić information content (AvgIpc) is 3.01. The van der Waals surface area contributed by atoms with Gasteiger partial charge < -0.3 is 20.3 Å². The predicted molar refractivity (Wildman–Crippen MR) is 159 cm³/mol. The van der Waals surface area contributed by atoms with Crippen molar-refractivity contribution in [3.63, 3.8) is 0 Å². The lowest BCUT2D eigenvalue weighted by Crippen LogP contribution is -2.52. The Morgan fingerprint density at radius 3 is 2.10 bits per heavy atom. The topological polar surface area (TPSA) is 130 Å². The van der Waals surface area contributed by atoms with Crippen molar-refractivity contribution in [1.29, 1.82) is 0 Å². The summed E-state index contributed by atoms with van der Waals surface area (Å²) in [6, 6.07) is 23.4. The first kappa shape index (κ1) is 32.6. The van der Waals surface area contributed by atoms with Crippen molar-refractivity contribution in [2.24, 2.45) is 0 Å². The molecule has 226 valence electrons. The highest BCUT2D eigenvalue weighted by molar-refractivity contribution is 5.87. The van der Waals surface area contributed by atoms with Gasteiger partial charge in [-0.2, -0.15) is 0 Å². The zero-order chi connectivity index (χ0) is 30.0. The minimum absolute atomic E-state index is 0.0318. The summed E-state index contributed by atoms with van der Waals surface area (Å²) >= 11 is 0. The van der Waals surface area contributed by atoms with Crippen LogP contribution in [0.1, 0.15) is 48.4 Å². The summed E-state index contributed by atoms with van der Waals surface area (Å²) < 4.78 is 5.59. The first-order valence-corrected chi connectivity index (χ1v) is 14.2. The normalized spacial score (nSPS) is 11.5. The van der Waals surface area contributed by atoms with Crippen LogP contribution in [-0.4, -0.2) is 53.2 Å². The number of urea groups is 1. The van der Waals surface area contributed by atoms with Crippen LogP contribution >= 0.6 is 0 Å². The molecule has 1 unspecified atom stereocenters. The number of benzene rings is 3. The first-order chi connectivity index (χ1) is 20.5. The van der Waals surface area contributed by atoms with Gasteiger partial charge in [0.2, 0.25) is 5.91 Å². The van der Waals surface area contributed by atoms with Crippen LogP contribution in [0.5, 0.6) is 5.75 Å². The van der Waals surface area contributed by atoms with E-state index >= 15 is 0 Å². The van der Waals surface area contributed by atoms with Crippen molar-refractivity contribution in [2.45, 2.75) is 58.3 Å². The fourth-order valence-corrected chi connectivity index (χ4v) is 4.47. The molecule has 0 aliphatic heterocycles. The molecule has 0 fully saturated rings. The lowest BCUT2D eigenvalue weighted by atomic mass is 10.0. The van der Waals surface area contributed by atoms with Crippen molar-refractivity contribution in [3.05, 3.63) is 101 Å². The van der Waals surface area contributed by atoms with E-state index in [1.54, 1.807) is 23.1 Å². The van der Waals surface area contributed by atoms with Gasteiger partial charge in [-0.05, 0) is 35.2 Å². The van der Waals surface area contributed by atoms with Gasteiger partial charge in [-0.15, -0.1) is 0 Å². The largest absolute Gasteiger partial charge is 0.491 e. The van der Waals surface area contributed by atoms with Gasteiger partial charge in [-0.25, -0.2) is 14.6 Å². The molecule has 0 aliphatic rings. The molecule has 3 aromatic carbocycles. The molecule has 3 aromatic rings. The Bertz CT molecular complexity index is 1170. The third-order valence-electron chi connectivity index (χ3n) is 6.63. The SMILES string of the molecule is CCCCCNC(=O)C(Cc1ccc(OCCOO)c(COO)c1)NC(=O)N(Cc1ccccc1)Cc1ccccc1. The highest BCUT2D eigenvalue weighted by atomic mass is 17.1. The molecule has 3 amide bonds. The summed E-state index contributed by atoms with van der Waals surface area (Å²) in [6.45, 7) is 3.26. The van der Waals surface area contributed by atoms with Crippen LogP contribution < -0.4 is 15.4 Å². The standard InChI is InChI=1S/C32H41N3O7/c1-2-3-10-17-33-31(36)29(21-27-15-16-30(40-18-19-41-38)28(20-27)24-42-39)34-32(37)35(22-25-11-6-4-7-12-25)23-26-13-8-5-9-14-26/h4-9,11-16,20,29,38-39H,2-3,10,17-19,21-24H2,1H3,(H,33,36)(H,34,37). The summed E-state index contributed by atoms with van der Waals surface area (Å²) in [7, 11) is 0. The molecule has 4 N–H and O–H groups in total. The van der Waals surface area contributed by atoms with Crippen molar-refractivity contribution < 1.29 is 34.6 Å². The zero-order valence-corrected chi connectivity index (χ0v) is 24.0. The van der Waals surface area contributed by atoms with E-state index in [0.717, 1.165) is 36.0 Å². The molecule has 0 spiro atoms. The number of nitrogens with zero attached hydrogens (tertiary/aromatic N) is 1. The minimum Gasteiger partial charge on any atom is -0.491 e. The molecule has 3 rings (SSSR count). The third kappa shape index (κ3) is 11.1. The van der Waals surface area contributed by atoms with Crippen LogP contribution in [0.15, 0.2) is 78.9 Å². The molecule has 42 heavy (non-hydrogen) atoms. The van der Waals surface area contributed by atoms with E-state index in [9.17, 15) is 9.59 Å². The van der Waals surface area contributed by atoms with E-state index in [2.05, 4.69) is 27.3 Å². The number of carbonyl (C=O) groups is 2. The van der Waals surface area contributed by atoms with Gasteiger partial charge in [0.15, 0.2) is 0 Å². The number of hydrogen-bond donors (Lipinski definition) is 4. The lowest BCUT2D eigenvalue weighted by molar-refractivity contribution is -0.253. The minimum atomic E-state index is -0.856. The van der Waals surface area contributed by atoms with Crippen molar-refractivity contribution in [3.8, 4) is 5.75 Å². The zero-order valence-electron chi connectivity index (χ0n) is 24.0. The van der Waals surface area contributed by atoms with E-state index in [0.29, 0.717) is 30.9 Å². The van der Waals surface area contributed by atoms with Crippen LogP contribution in [0.4, 0.5) is 4.79 Å². The first-order valence-electron chi connectivity index (χ1n) is 14.2. The molecule has 0 bridgehead atoms. The number of ether oxygens (including phenoxy) is 1. The van der Waals surface area contributed by atoms with Gasteiger partial charge in [0.25, 0.3) is 0 Å². The molecule has 10 nitrogen and oxygen atoms in total. The Kier molecular flexibility index (Phi) is 14.3. The molecule has 0 saturated heterocycles. The summed E-state index contributed by atoms with van der Waals surface area (Å²) in [5.74, 6) is 0.158. The van der Waals surface area contributed by atoms with Gasteiger partial charge in [0.05, 0.1) is 0 Å². The molecule has 10 heteroatoms. The molecule has 1 atom stereocenters. The summed E-state index contributed by atoms with van der Waals surface area (Å²) in [5, 5.41) is 23.6. The molecule has 0 aliphatic carbocycles. The molecular weight excluding hydrogens is 538 g/mol. The second-order valence-electron chi connectivity index (χ2n) is 9.93. The van der Waals surface area contributed by atoms with E-state index in [1.807, 2.05) is 60.7 Å². The molecular formula is C32H41N3O7. The Morgan fingerprint density at radius 1 is 0.833 bits per heavy atom. The highest BCUT2D eigenvalue weighted by Crippen LogP contribution is 2.22. The van der Waals surface area contributed by atoms with Crippen molar-refractivity contribution >= 4 is 11.9 Å². The smallest absolute Gasteiger partial charge is 0.318 e. The Labute approximate surface area is 247 Å². The van der Waals surface area contributed by atoms with E-state index < -0.39 is 6.04 Å². The summed E-state index contributed by atoms with van der Waals surface area (Å²) in [5.41, 5.74) is 3.22. The lowest BCUT2D eigenvalue weighted by Gasteiger charge is -2.27. The third-order valence-corrected chi connectivity index (χ3v) is 6.63. The van der Waals surface area contributed by atoms with E-state index in [-0.39, 0.29) is 38.2 Å². The van der Waals surface area contributed by atoms with Crippen LogP contribution in [0.25, 0.3) is 0 Å². The maximum absolute atomic E-state index is 13.7.